The minimum Gasteiger partial charge on any atom is -0.392 e. The van der Waals surface area contributed by atoms with Gasteiger partial charge in [0.2, 0.25) is 0 Å². The van der Waals surface area contributed by atoms with Crippen LogP contribution in [0.2, 0.25) is 0 Å². The van der Waals surface area contributed by atoms with Gasteiger partial charge in [-0.15, -0.1) is 0 Å². The molecule has 0 radical (unpaired) electrons. The molecule has 0 fully saturated rings. The number of aryl methyl sites for hydroxylation is 1. The number of aliphatic hydroxyl groups excluding tert-OH is 1. The molecule has 1 N–H and O–H groups in total. The Bertz CT molecular complexity index is 558. The molecule has 88 valence electrons. The molecule has 2 aromatic rings. The summed E-state index contributed by atoms with van der Waals surface area (Å²) >= 11 is 0. The van der Waals surface area contributed by atoms with Gasteiger partial charge in [0.15, 0.2) is 0 Å². The summed E-state index contributed by atoms with van der Waals surface area (Å²) in [6.07, 6.45) is 3.35. The second kappa shape index (κ2) is 4.93. The van der Waals surface area contributed by atoms with Crippen molar-refractivity contribution in [1.82, 2.24) is 9.55 Å². The molecule has 1 aromatic heterocycles. The Morgan fingerprint density at radius 1 is 1.24 bits per heavy atom. The van der Waals surface area contributed by atoms with Gasteiger partial charge in [-0.3, -0.25) is 4.57 Å². The van der Waals surface area contributed by atoms with Crippen LogP contribution in [0.5, 0.6) is 0 Å². The summed E-state index contributed by atoms with van der Waals surface area (Å²) in [5.41, 5.74) is 2.58. The molecule has 1 heterocycles. The van der Waals surface area contributed by atoms with Crippen LogP contribution < -0.4 is 5.69 Å². The topological polar surface area (TPSA) is 55.1 Å². The van der Waals surface area contributed by atoms with Crippen molar-refractivity contribution < 1.29 is 5.11 Å². The zero-order chi connectivity index (χ0) is 12.3. The lowest BCUT2D eigenvalue weighted by molar-refractivity contribution is 0.282. The molecule has 0 bridgehead atoms. The van der Waals surface area contributed by atoms with Crippen LogP contribution in [-0.2, 0) is 13.2 Å². The first kappa shape index (κ1) is 11.5. The van der Waals surface area contributed by atoms with Crippen molar-refractivity contribution >= 4 is 0 Å². The second-order valence-electron chi connectivity index (χ2n) is 4.02. The van der Waals surface area contributed by atoms with Crippen molar-refractivity contribution in [2.75, 3.05) is 0 Å². The van der Waals surface area contributed by atoms with Gasteiger partial charge in [-0.05, 0) is 23.6 Å². The van der Waals surface area contributed by atoms with E-state index in [-0.39, 0.29) is 12.3 Å². The fourth-order valence-corrected chi connectivity index (χ4v) is 1.63. The van der Waals surface area contributed by atoms with Gasteiger partial charge in [0.1, 0.15) is 0 Å². The summed E-state index contributed by atoms with van der Waals surface area (Å²) in [6.45, 7) is 2.43. The van der Waals surface area contributed by atoms with E-state index in [0.29, 0.717) is 6.54 Å². The summed E-state index contributed by atoms with van der Waals surface area (Å²) < 4.78 is 1.57. The van der Waals surface area contributed by atoms with E-state index in [4.69, 9.17) is 5.11 Å². The van der Waals surface area contributed by atoms with Gasteiger partial charge in [-0.1, -0.05) is 24.3 Å². The number of aromatic nitrogens is 2. The lowest BCUT2D eigenvalue weighted by Gasteiger charge is -2.06. The molecule has 0 aliphatic heterocycles. The van der Waals surface area contributed by atoms with E-state index >= 15 is 0 Å². The number of hydrogen-bond donors (Lipinski definition) is 1. The lowest BCUT2D eigenvalue weighted by Crippen LogP contribution is -2.22. The number of aliphatic hydroxyl groups is 1. The van der Waals surface area contributed by atoms with Crippen LogP contribution in [0.1, 0.15) is 16.7 Å². The quantitative estimate of drug-likeness (QED) is 0.858. The number of nitrogens with zero attached hydrogens (tertiary/aromatic N) is 2. The van der Waals surface area contributed by atoms with Gasteiger partial charge in [0, 0.05) is 12.4 Å². The normalized spacial score (nSPS) is 10.5. The van der Waals surface area contributed by atoms with Gasteiger partial charge in [0.05, 0.1) is 13.2 Å². The van der Waals surface area contributed by atoms with Gasteiger partial charge in [0.25, 0.3) is 0 Å². The molecule has 0 saturated heterocycles. The van der Waals surface area contributed by atoms with Crippen molar-refractivity contribution in [1.29, 1.82) is 0 Å². The maximum Gasteiger partial charge on any atom is 0.347 e. The number of benzene rings is 1. The molecule has 4 nitrogen and oxygen atoms in total. The van der Waals surface area contributed by atoms with E-state index in [1.165, 1.54) is 0 Å². The molecule has 0 aliphatic carbocycles. The van der Waals surface area contributed by atoms with Crippen molar-refractivity contribution in [2.24, 2.45) is 0 Å². The highest BCUT2D eigenvalue weighted by molar-refractivity contribution is 5.22. The predicted molar refractivity (Wildman–Crippen MR) is 64.7 cm³/mol. The number of hydrogen-bond acceptors (Lipinski definition) is 3. The monoisotopic (exact) mass is 230 g/mol. The third-order valence-electron chi connectivity index (χ3n) is 2.54. The van der Waals surface area contributed by atoms with Crippen LogP contribution in [0, 0.1) is 6.92 Å². The summed E-state index contributed by atoms with van der Waals surface area (Å²) in [6, 6.07) is 7.51. The fraction of sp³-hybridized carbons (Fsp3) is 0.231. The minimum atomic E-state index is -0.248. The molecule has 0 unspecified atom stereocenters. The molecule has 0 spiro atoms. The molecular weight excluding hydrogens is 216 g/mol. The number of rotatable bonds is 3. The Morgan fingerprint density at radius 2 is 1.88 bits per heavy atom. The Kier molecular flexibility index (Phi) is 3.35. The van der Waals surface area contributed by atoms with E-state index < -0.39 is 0 Å². The van der Waals surface area contributed by atoms with Gasteiger partial charge in [-0.25, -0.2) is 9.78 Å². The Hall–Kier alpha value is -1.94. The van der Waals surface area contributed by atoms with Gasteiger partial charge < -0.3 is 5.11 Å². The smallest absolute Gasteiger partial charge is 0.347 e. The Balaban J connectivity index is 2.25. The first-order valence-electron chi connectivity index (χ1n) is 5.41. The largest absolute Gasteiger partial charge is 0.392 e. The van der Waals surface area contributed by atoms with Gasteiger partial charge >= 0.3 is 5.69 Å². The van der Waals surface area contributed by atoms with E-state index in [2.05, 4.69) is 4.98 Å². The fourth-order valence-electron chi connectivity index (χ4n) is 1.63. The highest BCUT2D eigenvalue weighted by Crippen LogP contribution is 2.05. The van der Waals surface area contributed by atoms with Crippen LogP contribution in [0.25, 0.3) is 0 Å². The molecular formula is C13H14N2O2. The first-order valence-corrected chi connectivity index (χ1v) is 5.41. The molecule has 0 saturated carbocycles. The molecule has 2 rings (SSSR count). The Morgan fingerprint density at radius 3 is 2.53 bits per heavy atom. The third-order valence-corrected chi connectivity index (χ3v) is 2.54. The van der Waals surface area contributed by atoms with Crippen LogP contribution >= 0.6 is 0 Å². The molecule has 0 aliphatic rings. The van der Waals surface area contributed by atoms with Crippen molar-refractivity contribution in [3.63, 3.8) is 0 Å². The van der Waals surface area contributed by atoms with E-state index in [1.54, 1.807) is 17.0 Å². The first-order chi connectivity index (χ1) is 8.19. The van der Waals surface area contributed by atoms with Gasteiger partial charge in [-0.2, -0.15) is 0 Å². The lowest BCUT2D eigenvalue weighted by atomic mass is 10.1. The maximum atomic E-state index is 11.5. The van der Waals surface area contributed by atoms with Crippen molar-refractivity contribution in [3.8, 4) is 0 Å². The van der Waals surface area contributed by atoms with Crippen molar-refractivity contribution in [3.05, 3.63) is 63.8 Å². The summed E-state index contributed by atoms with van der Waals surface area (Å²) in [7, 11) is 0. The highest BCUT2D eigenvalue weighted by atomic mass is 16.3. The van der Waals surface area contributed by atoms with E-state index in [9.17, 15) is 4.79 Å². The van der Waals surface area contributed by atoms with Crippen LogP contribution in [-0.4, -0.2) is 14.7 Å². The average Bonchev–Trinajstić information content (AvgIpc) is 2.35. The molecule has 0 atom stereocenters. The molecule has 17 heavy (non-hydrogen) atoms. The summed E-state index contributed by atoms with van der Waals surface area (Å²) in [5.74, 6) is 0. The predicted octanol–water partition coefficient (Wildman–Crippen LogP) is 1.09. The summed E-state index contributed by atoms with van der Waals surface area (Å²) in [5, 5.41) is 8.93. The molecule has 1 aromatic carbocycles. The third kappa shape index (κ3) is 2.79. The van der Waals surface area contributed by atoms with E-state index in [1.807, 2.05) is 31.2 Å². The molecule has 4 heteroatoms. The maximum absolute atomic E-state index is 11.5. The summed E-state index contributed by atoms with van der Waals surface area (Å²) in [4.78, 5) is 15.3. The zero-order valence-corrected chi connectivity index (χ0v) is 9.63. The second-order valence-corrected chi connectivity index (χ2v) is 4.02. The molecule has 0 amide bonds. The van der Waals surface area contributed by atoms with Crippen LogP contribution in [0.4, 0.5) is 0 Å². The SMILES string of the molecule is Cc1cnc(=O)n(Cc2ccc(CO)cc2)c1. The highest BCUT2D eigenvalue weighted by Gasteiger charge is 1.99. The zero-order valence-electron chi connectivity index (χ0n) is 9.63. The standard InChI is InChI=1S/C13H14N2O2/c1-10-6-14-13(17)15(7-10)8-11-2-4-12(9-16)5-3-11/h2-7,16H,8-9H2,1H3. The van der Waals surface area contributed by atoms with E-state index in [0.717, 1.165) is 16.7 Å². The Labute approximate surface area is 99.2 Å². The van der Waals surface area contributed by atoms with Crippen LogP contribution in [0.15, 0.2) is 41.5 Å². The minimum absolute atomic E-state index is 0.0340. The van der Waals surface area contributed by atoms with Crippen LogP contribution in [0.3, 0.4) is 0 Å². The van der Waals surface area contributed by atoms with Crippen molar-refractivity contribution in [2.45, 2.75) is 20.1 Å². The average molecular weight is 230 g/mol.